The minimum absolute atomic E-state index is 0. The van der Waals surface area contributed by atoms with Gasteiger partial charge >= 0.3 is 29.6 Å². The van der Waals surface area contributed by atoms with E-state index in [1.807, 2.05) is 24.3 Å². The number of para-hydroxylation sites is 1. The summed E-state index contributed by atoms with van der Waals surface area (Å²) in [7, 11) is -4.52. The molecule has 4 aromatic rings. The molecular formula is C19H12NNaO4S. The van der Waals surface area contributed by atoms with Gasteiger partial charge in [-0.25, -0.2) is 13.4 Å². The van der Waals surface area contributed by atoms with Gasteiger partial charge in [-0.2, -0.15) is 0 Å². The molecule has 5 nitrogen and oxygen atoms in total. The Morgan fingerprint density at radius 2 is 1.62 bits per heavy atom. The molecule has 0 aliphatic carbocycles. The smallest absolute Gasteiger partial charge is 0.744 e. The average molecular weight is 373 g/mol. The molecule has 0 unspecified atom stereocenters. The van der Waals surface area contributed by atoms with Crippen LogP contribution in [0.2, 0.25) is 0 Å². The number of nitrogens with zero attached hydrogens (tertiary/aromatic N) is 1. The molecule has 7 heteroatoms. The fourth-order valence-corrected chi connectivity index (χ4v) is 3.41. The van der Waals surface area contributed by atoms with Gasteiger partial charge in [-0.1, -0.05) is 30.3 Å². The van der Waals surface area contributed by atoms with Gasteiger partial charge in [-0.15, -0.1) is 0 Å². The Balaban J connectivity index is 0.00000196. The fraction of sp³-hybridized carbons (Fsp3) is 0. The molecule has 26 heavy (non-hydrogen) atoms. The van der Waals surface area contributed by atoms with Crippen molar-refractivity contribution in [2.75, 3.05) is 0 Å². The van der Waals surface area contributed by atoms with Gasteiger partial charge in [0.1, 0.15) is 15.9 Å². The van der Waals surface area contributed by atoms with Gasteiger partial charge < -0.3 is 9.66 Å². The van der Waals surface area contributed by atoms with Crippen molar-refractivity contribution in [3.8, 4) is 17.0 Å². The van der Waals surface area contributed by atoms with Gasteiger partial charge in [0.15, 0.2) is 0 Å². The van der Waals surface area contributed by atoms with Crippen molar-refractivity contribution < 1.29 is 47.6 Å². The van der Waals surface area contributed by atoms with E-state index in [4.69, 9.17) is 0 Å². The molecule has 0 radical (unpaired) electrons. The topological polar surface area (TPSA) is 90.3 Å². The molecule has 0 atom stereocenters. The molecular weight excluding hydrogens is 361 g/mol. The van der Waals surface area contributed by atoms with Crippen LogP contribution in [-0.4, -0.2) is 23.1 Å². The molecule has 1 N–H and O–H groups in total. The van der Waals surface area contributed by atoms with E-state index in [1.54, 1.807) is 30.3 Å². The van der Waals surface area contributed by atoms with Crippen LogP contribution in [-0.2, 0) is 10.1 Å². The average Bonchev–Trinajstić information content (AvgIpc) is 2.60. The molecule has 0 amide bonds. The summed E-state index contributed by atoms with van der Waals surface area (Å²) in [4.78, 5) is 4.29. The summed E-state index contributed by atoms with van der Waals surface area (Å²) >= 11 is 0. The molecule has 1 aromatic heterocycles. The Morgan fingerprint density at radius 1 is 0.885 bits per heavy atom. The predicted molar refractivity (Wildman–Crippen MR) is 94.3 cm³/mol. The van der Waals surface area contributed by atoms with E-state index in [-0.39, 0.29) is 40.2 Å². The summed E-state index contributed by atoms with van der Waals surface area (Å²) in [6.07, 6.45) is 0. The third-order valence-corrected chi connectivity index (χ3v) is 4.96. The summed E-state index contributed by atoms with van der Waals surface area (Å²) in [6.45, 7) is 0. The number of benzene rings is 3. The first-order valence-corrected chi connectivity index (χ1v) is 8.92. The third kappa shape index (κ3) is 3.34. The molecule has 0 saturated heterocycles. The van der Waals surface area contributed by atoms with Gasteiger partial charge in [0.25, 0.3) is 0 Å². The molecule has 0 spiro atoms. The summed E-state index contributed by atoms with van der Waals surface area (Å²) in [5.41, 5.74) is 1.87. The van der Waals surface area contributed by atoms with Gasteiger partial charge in [0.05, 0.1) is 16.1 Å². The first-order chi connectivity index (χ1) is 11.9. The van der Waals surface area contributed by atoms with E-state index in [0.717, 1.165) is 10.8 Å². The number of pyridine rings is 1. The maximum atomic E-state index is 11.3. The number of rotatable bonds is 2. The van der Waals surface area contributed by atoms with E-state index in [0.29, 0.717) is 22.2 Å². The second kappa shape index (κ2) is 6.98. The maximum absolute atomic E-state index is 11.3. The van der Waals surface area contributed by atoms with Crippen LogP contribution in [0.25, 0.3) is 32.9 Å². The van der Waals surface area contributed by atoms with E-state index in [2.05, 4.69) is 4.98 Å². The fourth-order valence-electron chi connectivity index (χ4n) is 2.91. The summed E-state index contributed by atoms with van der Waals surface area (Å²) in [5.74, 6) is 0.134. The van der Waals surface area contributed by atoms with Gasteiger partial charge in [-0.05, 0) is 47.2 Å². The van der Waals surface area contributed by atoms with Gasteiger partial charge in [0.2, 0.25) is 0 Å². The zero-order valence-corrected chi connectivity index (χ0v) is 16.7. The summed E-state index contributed by atoms with van der Waals surface area (Å²) < 4.78 is 33.9. The van der Waals surface area contributed by atoms with E-state index in [9.17, 15) is 18.1 Å². The molecule has 3 aromatic carbocycles. The number of phenolic OH excluding ortho intramolecular Hbond substituents is 1. The van der Waals surface area contributed by atoms with Crippen molar-refractivity contribution in [3.05, 3.63) is 66.7 Å². The molecule has 0 bridgehead atoms. The summed E-state index contributed by atoms with van der Waals surface area (Å²) in [5, 5.41) is 12.2. The van der Waals surface area contributed by atoms with E-state index >= 15 is 0 Å². The number of fused-ring (bicyclic) bond motifs is 3. The minimum atomic E-state index is -4.52. The number of aromatic nitrogens is 1. The maximum Gasteiger partial charge on any atom is 1.00 e. The van der Waals surface area contributed by atoms with Crippen molar-refractivity contribution in [1.29, 1.82) is 0 Å². The van der Waals surface area contributed by atoms with Gasteiger partial charge in [0, 0.05) is 10.9 Å². The SMILES string of the molecule is O=S(=O)([O-])c1ccc2ccc3nc(-c4ccccc4O)ccc3c2c1.[Na+]. The Bertz CT molecular complexity index is 1240. The number of hydrogen-bond acceptors (Lipinski definition) is 5. The largest absolute Gasteiger partial charge is 1.00 e. The number of aromatic hydroxyl groups is 1. The Hall–Kier alpha value is -1.96. The van der Waals surface area contributed by atoms with Gasteiger partial charge in [-0.3, -0.25) is 0 Å². The Morgan fingerprint density at radius 3 is 2.35 bits per heavy atom. The Kier molecular flexibility index (Phi) is 5.05. The van der Waals surface area contributed by atoms with Crippen LogP contribution >= 0.6 is 0 Å². The molecule has 1 heterocycles. The molecule has 0 aliphatic heterocycles. The standard InChI is InChI=1S/C19H13NO4S.Na/c21-19-4-2-1-3-15(19)18-10-8-14-16-11-13(25(22,23)24)7-5-12(16)6-9-17(14)20-18;/h1-11,21H,(H,22,23,24);/q;+1/p-1. The van der Waals surface area contributed by atoms with Crippen LogP contribution < -0.4 is 29.6 Å². The summed E-state index contributed by atoms with van der Waals surface area (Å²) in [6, 6.07) is 18.4. The molecule has 124 valence electrons. The van der Waals surface area contributed by atoms with Crippen LogP contribution in [0, 0.1) is 0 Å². The van der Waals surface area contributed by atoms with Crippen LogP contribution in [0.3, 0.4) is 0 Å². The first-order valence-electron chi connectivity index (χ1n) is 7.51. The van der Waals surface area contributed by atoms with Crippen LogP contribution in [0.1, 0.15) is 0 Å². The normalized spacial score (nSPS) is 11.4. The Labute approximate surface area is 172 Å². The van der Waals surface area contributed by atoms with E-state index < -0.39 is 10.1 Å². The van der Waals surface area contributed by atoms with Crippen molar-refractivity contribution in [2.45, 2.75) is 4.90 Å². The van der Waals surface area contributed by atoms with Crippen LogP contribution in [0.15, 0.2) is 71.6 Å². The molecule has 4 rings (SSSR count). The predicted octanol–water partition coefficient (Wildman–Crippen LogP) is 0.669. The molecule has 0 aliphatic rings. The molecule has 0 saturated carbocycles. The second-order valence-electron chi connectivity index (χ2n) is 5.68. The third-order valence-electron chi connectivity index (χ3n) is 4.13. The minimum Gasteiger partial charge on any atom is -0.744 e. The van der Waals surface area contributed by atoms with Crippen molar-refractivity contribution in [1.82, 2.24) is 4.98 Å². The molecule has 0 fully saturated rings. The monoisotopic (exact) mass is 373 g/mol. The zero-order valence-electron chi connectivity index (χ0n) is 13.9. The van der Waals surface area contributed by atoms with Crippen molar-refractivity contribution in [2.24, 2.45) is 0 Å². The van der Waals surface area contributed by atoms with Crippen molar-refractivity contribution in [3.63, 3.8) is 0 Å². The van der Waals surface area contributed by atoms with Crippen LogP contribution in [0.5, 0.6) is 5.75 Å². The quantitative estimate of drug-likeness (QED) is 0.317. The second-order valence-corrected chi connectivity index (χ2v) is 7.06. The van der Waals surface area contributed by atoms with Crippen LogP contribution in [0.4, 0.5) is 0 Å². The zero-order chi connectivity index (χ0) is 17.6. The first kappa shape index (κ1) is 18.8. The number of phenols is 1. The van der Waals surface area contributed by atoms with Crippen molar-refractivity contribution >= 4 is 31.8 Å². The van der Waals surface area contributed by atoms with E-state index in [1.165, 1.54) is 12.1 Å². The number of hydrogen-bond donors (Lipinski definition) is 1.